The van der Waals surface area contributed by atoms with E-state index in [2.05, 4.69) is 37.3 Å². The number of rotatable bonds is 2. The third-order valence-corrected chi connectivity index (χ3v) is 2.93. The number of hydrogen-bond donors (Lipinski definition) is 1. The lowest BCUT2D eigenvalue weighted by Crippen LogP contribution is -1.84. The van der Waals surface area contributed by atoms with Gasteiger partial charge in [0.2, 0.25) is 0 Å². The van der Waals surface area contributed by atoms with Crippen molar-refractivity contribution in [1.82, 2.24) is 15.0 Å². The van der Waals surface area contributed by atoms with Crippen LogP contribution in [0.25, 0.3) is 22.6 Å². The Balaban J connectivity index is 2.13. The van der Waals surface area contributed by atoms with Crippen LogP contribution in [-0.2, 0) is 0 Å². The lowest BCUT2D eigenvalue weighted by Gasteiger charge is -1.95. The number of nitrogens with one attached hydrogen (secondary N) is 1. The summed E-state index contributed by atoms with van der Waals surface area (Å²) in [4.78, 5) is 15.8. The Morgan fingerprint density at radius 2 is 2.16 bits per heavy atom. The highest BCUT2D eigenvalue weighted by Crippen LogP contribution is 2.24. The summed E-state index contributed by atoms with van der Waals surface area (Å²) in [5, 5.41) is 2.96. The number of aromatic nitrogens is 3. The summed E-state index contributed by atoms with van der Waals surface area (Å²) in [6, 6.07) is 9.04. The van der Waals surface area contributed by atoms with E-state index >= 15 is 0 Å². The zero-order chi connectivity index (χ0) is 13.2. The number of benzene rings is 1. The minimum absolute atomic E-state index is 0.622. The fraction of sp³-hybridized carbons (Fsp3) is 0. The normalized spacial score (nSPS) is 10.4. The molecule has 0 aliphatic rings. The third kappa shape index (κ3) is 2.39. The molecule has 92 valence electrons. The van der Waals surface area contributed by atoms with Crippen LogP contribution >= 0.6 is 23.8 Å². The molecule has 0 aliphatic carbocycles. The smallest absolute Gasteiger partial charge is 0.157 e. The molecule has 3 aromatic rings. The summed E-state index contributed by atoms with van der Waals surface area (Å²) in [6.45, 7) is 0. The van der Waals surface area contributed by atoms with Crippen molar-refractivity contribution in [1.29, 1.82) is 0 Å². The second kappa shape index (κ2) is 4.90. The molecule has 0 spiro atoms. The number of hydrogen-bond acceptors (Lipinski definition) is 4. The molecule has 3 rings (SSSR count). The van der Waals surface area contributed by atoms with Gasteiger partial charge < -0.3 is 4.98 Å². The van der Waals surface area contributed by atoms with Gasteiger partial charge in [-0.2, -0.15) is 4.99 Å². The Morgan fingerprint density at radius 1 is 1.26 bits per heavy atom. The van der Waals surface area contributed by atoms with Crippen molar-refractivity contribution in [3.8, 4) is 11.5 Å². The molecule has 2 aromatic heterocycles. The number of H-pyrrole nitrogens is 1. The van der Waals surface area contributed by atoms with Gasteiger partial charge in [-0.05, 0) is 42.5 Å². The molecular weight excluding hydrogens is 280 g/mol. The molecule has 0 unspecified atom stereocenters. The molecule has 1 aromatic carbocycles. The molecule has 0 saturated carbocycles. The number of halogens is 1. The van der Waals surface area contributed by atoms with E-state index in [0.29, 0.717) is 16.5 Å². The third-order valence-electron chi connectivity index (χ3n) is 2.60. The monoisotopic (exact) mass is 286 g/mol. The van der Waals surface area contributed by atoms with Gasteiger partial charge in [0.05, 0.1) is 21.9 Å². The lowest BCUT2D eigenvalue weighted by atomic mass is 10.3. The SMILES string of the molecule is S=C=Nc1ccc2nc(-c3cc(Cl)ccn3)[nH]c2c1. The molecule has 0 radical (unpaired) electrons. The number of aliphatic imine (C=N–C) groups is 1. The van der Waals surface area contributed by atoms with Gasteiger partial charge in [-0.3, -0.25) is 4.98 Å². The van der Waals surface area contributed by atoms with Crippen LogP contribution in [0.5, 0.6) is 0 Å². The van der Waals surface area contributed by atoms with E-state index in [-0.39, 0.29) is 0 Å². The van der Waals surface area contributed by atoms with Crippen LogP contribution in [0.1, 0.15) is 0 Å². The van der Waals surface area contributed by atoms with Crippen molar-refractivity contribution in [3.05, 3.63) is 41.6 Å². The standard InChI is InChI=1S/C13H7ClN4S/c14-8-3-4-15-12(5-8)13-17-10-2-1-9(16-7-19)6-11(10)18-13/h1-6H,(H,17,18). The summed E-state index contributed by atoms with van der Waals surface area (Å²) < 4.78 is 0. The Kier molecular flexibility index (Phi) is 3.09. The van der Waals surface area contributed by atoms with Crippen LogP contribution in [0.15, 0.2) is 41.5 Å². The molecular formula is C13H7ClN4S. The number of isothiocyanates is 1. The van der Waals surface area contributed by atoms with Crippen molar-refractivity contribution >= 4 is 45.7 Å². The topological polar surface area (TPSA) is 53.9 Å². The van der Waals surface area contributed by atoms with Crippen molar-refractivity contribution in [3.63, 3.8) is 0 Å². The van der Waals surface area contributed by atoms with Gasteiger partial charge in [-0.1, -0.05) is 11.6 Å². The first-order chi connectivity index (χ1) is 9.26. The second-order valence-corrected chi connectivity index (χ2v) is 4.47. The zero-order valence-electron chi connectivity index (χ0n) is 9.59. The minimum atomic E-state index is 0.622. The van der Waals surface area contributed by atoms with Crippen molar-refractivity contribution in [2.75, 3.05) is 0 Å². The molecule has 0 amide bonds. The van der Waals surface area contributed by atoms with Gasteiger partial charge in [0.15, 0.2) is 5.82 Å². The summed E-state index contributed by atoms with van der Waals surface area (Å²) in [7, 11) is 0. The quantitative estimate of drug-likeness (QED) is 0.572. The van der Waals surface area contributed by atoms with Crippen LogP contribution in [0.4, 0.5) is 5.69 Å². The van der Waals surface area contributed by atoms with E-state index in [9.17, 15) is 0 Å². The van der Waals surface area contributed by atoms with Crippen molar-refractivity contribution in [2.24, 2.45) is 4.99 Å². The summed E-state index contributed by atoms with van der Waals surface area (Å²) in [6.07, 6.45) is 1.65. The Labute approximate surface area is 119 Å². The second-order valence-electron chi connectivity index (χ2n) is 3.85. The van der Waals surface area contributed by atoms with Crippen LogP contribution < -0.4 is 0 Å². The van der Waals surface area contributed by atoms with Gasteiger partial charge in [0.1, 0.15) is 5.69 Å². The molecule has 0 saturated heterocycles. The molecule has 1 N–H and O–H groups in total. The van der Waals surface area contributed by atoms with Crippen LogP contribution in [0, 0.1) is 0 Å². The van der Waals surface area contributed by atoms with Gasteiger partial charge in [0.25, 0.3) is 0 Å². The van der Waals surface area contributed by atoms with E-state index in [1.165, 1.54) is 0 Å². The van der Waals surface area contributed by atoms with Crippen LogP contribution in [-0.4, -0.2) is 20.1 Å². The van der Waals surface area contributed by atoms with E-state index in [1.54, 1.807) is 18.3 Å². The van der Waals surface area contributed by atoms with Crippen LogP contribution in [0.3, 0.4) is 0 Å². The van der Waals surface area contributed by atoms with Gasteiger partial charge >= 0.3 is 0 Å². The first-order valence-corrected chi connectivity index (χ1v) is 6.24. The number of thiocarbonyl (C=S) groups is 1. The Bertz CT molecular complexity index is 805. The molecule has 6 heteroatoms. The highest BCUT2D eigenvalue weighted by atomic mass is 35.5. The van der Waals surface area contributed by atoms with Gasteiger partial charge in [-0.15, -0.1) is 0 Å². The maximum atomic E-state index is 5.94. The first kappa shape index (κ1) is 12.0. The number of imidazole rings is 1. The van der Waals surface area contributed by atoms with Crippen molar-refractivity contribution in [2.45, 2.75) is 0 Å². The fourth-order valence-electron chi connectivity index (χ4n) is 1.78. The number of fused-ring (bicyclic) bond motifs is 1. The largest absolute Gasteiger partial charge is 0.337 e. The van der Waals surface area contributed by atoms with E-state index < -0.39 is 0 Å². The van der Waals surface area contributed by atoms with Crippen LogP contribution in [0.2, 0.25) is 5.02 Å². The van der Waals surface area contributed by atoms with E-state index in [0.717, 1.165) is 16.7 Å². The molecule has 2 heterocycles. The Morgan fingerprint density at radius 3 is 2.95 bits per heavy atom. The fourth-order valence-corrected chi connectivity index (χ4v) is 2.04. The molecule has 0 atom stereocenters. The molecule has 0 aliphatic heterocycles. The highest BCUT2D eigenvalue weighted by molar-refractivity contribution is 7.78. The average molecular weight is 287 g/mol. The number of pyridine rings is 1. The lowest BCUT2D eigenvalue weighted by molar-refractivity contribution is 1.24. The first-order valence-electron chi connectivity index (χ1n) is 5.46. The summed E-state index contributed by atoms with van der Waals surface area (Å²) in [5.41, 5.74) is 3.13. The van der Waals surface area contributed by atoms with Gasteiger partial charge in [0, 0.05) is 11.2 Å². The van der Waals surface area contributed by atoms with Gasteiger partial charge in [-0.25, -0.2) is 4.98 Å². The van der Waals surface area contributed by atoms with E-state index in [1.807, 2.05) is 18.2 Å². The molecule has 0 fully saturated rings. The molecule has 4 nitrogen and oxygen atoms in total. The maximum Gasteiger partial charge on any atom is 0.157 e. The number of aromatic amines is 1. The predicted octanol–water partition coefficient (Wildman–Crippen LogP) is 4.01. The highest BCUT2D eigenvalue weighted by Gasteiger charge is 2.07. The summed E-state index contributed by atoms with van der Waals surface area (Å²) >= 11 is 10.5. The Hall–Kier alpha value is -2.07. The molecule has 19 heavy (non-hydrogen) atoms. The zero-order valence-corrected chi connectivity index (χ0v) is 11.2. The number of nitrogens with zero attached hydrogens (tertiary/aromatic N) is 3. The average Bonchev–Trinajstić information content (AvgIpc) is 2.82. The van der Waals surface area contributed by atoms with E-state index in [4.69, 9.17) is 11.6 Å². The molecule has 0 bridgehead atoms. The summed E-state index contributed by atoms with van der Waals surface area (Å²) in [5.74, 6) is 0.668. The van der Waals surface area contributed by atoms with Crippen molar-refractivity contribution < 1.29 is 0 Å². The maximum absolute atomic E-state index is 5.94. The predicted molar refractivity (Wildman–Crippen MR) is 79.0 cm³/mol. The minimum Gasteiger partial charge on any atom is -0.337 e.